The van der Waals surface area contributed by atoms with E-state index in [9.17, 15) is 0 Å². The molecule has 3 heteroatoms. The molecule has 216 valence electrons. The summed E-state index contributed by atoms with van der Waals surface area (Å²) < 4.78 is 6.11. The second kappa shape index (κ2) is 10.8. The summed E-state index contributed by atoms with van der Waals surface area (Å²) in [5.41, 5.74) is 10.4. The van der Waals surface area contributed by atoms with Gasteiger partial charge in [0.1, 0.15) is 5.58 Å². The molecule has 0 fully saturated rings. The van der Waals surface area contributed by atoms with Gasteiger partial charge in [0.25, 0.3) is 0 Å². The molecule has 0 unspecified atom stereocenters. The van der Waals surface area contributed by atoms with Crippen molar-refractivity contribution >= 4 is 60.8 Å². The van der Waals surface area contributed by atoms with Crippen LogP contribution in [0.2, 0.25) is 0 Å². The first-order chi connectivity index (χ1) is 22.8. The predicted molar refractivity (Wildman–Crippen MR) is 192 cm³/mol. The molecule has 46 heavy (non-hydrogen) atoms. The van der Waals surface area contributed by atoms with Gasteiger partial charge in [-0.3, -0.25) is 0 Å². The van der Waals surface area contributed by atoms with Crippen LogP contribution < -0.4 is 4.90 Å². The van der Waals surface area contributed by atoms with E-state index in [1.807, 2.05) is 18.2 Å². The highest BCUT2D eigenvalue weighted by Crippen LogP contribution is 2.44. The molecule has 0 N–H and O–H groups in total. The van der Waals surface area contributed by atoms with Crippen LogP contribution in [-0.4, -0.2) is 4.98 Å². The Morgan fingerprint density at radius 1 is 0.435 bits per heavy atom. The predicted octanol–water partition coefficient (Wildman–Crippen LogP) is 12.1. The van der Waals surface area contributed by atoms with Crippen molar-refractivity contribution in [2.45, 2.75) is 0 Å². The van der Waals surface area contributed by atoms with Crippen molar-refractivity contribution in [3.63, 3.8) is 0 Å². The van der Waals surface area contributed by atoms with E-state index in [1.165, 1.54) is 33.0 Å². The van der Waals surface area contributed by atoms with Crippen molar-refractivity contribution < 1.29 is 4.42 Å². The Labute approximate surface area is 266 Å². The first-order valence-electron chi connectivity index (χ1n) is 15.5. The molecule has 3 nitrogen and oxygen atoms in total. The van der Waals surface area contributed by atoms with Crippen LogP contribution in [0, 0.1) is 0 Å². The summed E-state index contributed by atoms with van der Waals surface area (Å²) in [5.74, 6) is 0. The third kappa shape index (κ3) is 4.41. The van der Waals surface area contributed by atoms with Gasteiger partial charge in [0.2, 0.25) is 5.71 Å². The molecule has 0 aliphatic heterocycles. The molecule has 2 aromatic heterocycles. The van der Waals surface area contributed by atoms with E-state index in [0.717, 1.165) is 44.3 Å². The van der Waals surface area contributed by atoms with Crippen LogP contribution in [0.25, 0.3) is 66.0 Å². The lowest BCUT2D eigenvalue weighted by Crippen LogP contribution is -2.11. The monoisotopic (exact) mass is 588 g/mol. The van der Waals surface area contributed by atoms with Gasteiger partial charge in [0.15, 0.2) is 0 Å². The van der Waals surface area contributed by atoms with Crippen molar-refractivity contribution in [3.8, 4) is 22.3 Å². The minimum absolute atomic E-state index is 0.662. The van der Waals surface area contributed by atoms with Gasteiger partial charge in [-0.25, -0.2) is 4.98 Å². The number of fused-ring (bicyclic) bond motifs is 5. The lowest BCUT2D eigenvalue weighted by atomic mass is 9.96. The molecule has 0 radical (unpaired) electrons. The maximum Gasteiger partial charge on any atom is 0.227 e. The topological polar surface area (TPSA) is 29.3 Å². The molecule has 0 saturated carbocycles. The van der Waals surface area contributed by atoms with Gasteiger partial charge in [-0.15, -0.1) is 0 Å². The fourth-order valence-corrected chi connectivity index (χ4v) is 6.68. The summed E-state index contributed by atoms with van der Waals surface area (Å²) in [5, 5.41) is 5.61. The number of pyridine rings is 1. The van der Waals surface area contributed by atoms with Crippen molar-refractivity contribution in [3.05, 3.63) is 170 Å². The molecule has 0 atom stereocenters. The Kier molecular flexibility index (Phi) is 6.14. The summed E-state index contributed by atoms with van der Waals surface area (Å²) in [4.78, 5) is 7.30. The summed E-state index contributed by atoms with van der Waals surface area (Å²) in [7, 11) is 0. The van der Waals surface area contributed by atoms with Crippen molar-refractivity contribution in [1.29, 1.82) is 0 Å². The first-order valence-corrected chi connectivity index (χ1v) is 15.5. The molecule has 9 aromatic rings. The number of furan rings is 1. The quantitative estimate of drug-likeness (QED) is 0.200. The summed E-state index contributed by atoms with van der Waals surface area (Å²) in [6, 6.07) is 60.1. The number of nitrogens with zero attached hydrogens (tertiary/aromatic N) is 2. The lowest BCUT2D eigenvalue weighted by molar-refractivity contribution is 0.656. The van der Waals surface area contributed by atoms with Crippen LogP contribution in [0.3, 0.4) is 0 Å². The van der Waals surface area contributed by atoms with Crippen molar-refractivity contribution in [1.82, 2.24) is 4.98 Å². The highest BCUT2D eigenvalue weighted by atomic mass is 16.3. The largest absolute Gasteiger partial charge is 0.438 e. The van der Waals surface area contributed by atoms with Gasteiger partial charge in [0, 0.05) is 33.1 Å². The molecule has 7 aromatic carbocycles. The number of hydrogen-bond acceptors (Lipinski definition) is 3. The Morgan fingerprint density at radius 2 is 1.13 bits per heavy atom. The zero-order valence-electron chi connectivity index (χ0n) is 25.0. The fraction of sp³-hybridized carbons (Fsp3) is 0. The third-order valence-electron chi connectivity index (χ3n) is 8.84. The smallest absolute Gasteiger partial charge is 0.227 e. The van der Waals surface area contributed by atoms with E-state index >= 15 is 0 Å². The maximum absolute atomic E-state index is 6.11. The van der Waals surface area contributed by atoms with Gasteiger partial charge in [0.05, 0.1) is 11.2 Å². The van der Waals surface area contributed by atoms with Crippen LogP contribution in [0.5, 0.6) is 0 Å². The molecule has 0 aliphatic carbocycles. The van der Waals surface area contributed by atoms with Crippen LogP contribution in [0.4, 0.5) is 17.1 Å². The van der Waals surface area contributed by atoms with Gasteiger partial charge in [-0.05, 0) is 76.0 Å². The van der Waals surface area contributed by atoms with E-state index < -0.39 is 0 Å². The van der Waals surface area contributed by atoms with Crippen LogP contribution in [-0.2, 0) is 0 Å². The second-order valence-corrected chi connectivity index (χ2v) is 11.6. The van der Waals surface area contributed by atoms with E-state index in [2.05, 4.69) is 157 Å². The Balaban J connectivity index is 1.29. The molecule has 0 spiro atoms. The van der Waals surface area contributed by atoms with Crippen molar-refractivity contribution in [2.24, 2.45) is 0 Å². The zero-order valence-corrected chi connectivity index (χ0v) is 25.0. The lowest BCUT2D eigenvalue weighted by Gasteiger charge is -2.29. The maximum atomic E-state index is 6.11. The number of hydrogen-bond donors (Lipinski definition) is 0. The number of para-hydroxylation sites is 2. The Morgan fingerprint density at radius 3 is 2.07 bits per heavy atom. The molecular formula is C43H28N2O. The Hall–Kier alpha value is -6.19. The van der Waals surface area contributed by atoms with Gasteiger partial charge in [-0.2, -0.15) is 0 Å². The van der Waals surface area contributed by atoms with E-state index in [0.29, 0.717) is 5.71 Å². The minimum atomic E-state index is 0.662. The first kappa shape index (κ1) is 26.2. The molecular weight excluding hydrogens is 560 g/mol. The molecule has 0 aliphatic rings. The average molecular weight is 589 g/mol. The highest BCUT2D eigenvalue weighted by Gasteiger charge is 2.20. The molecule has 0 saturated heterocycles. The van der Waals surface area contributed by atoms with Crippen LogP contribution >= 0.6 is 0 Å². The molecule has 0 amide bonds. The van der Waals surface area contributed by atoms with Crippen LogP contribution in [0.15, 0.2) is 174 Å². The molecule has 2 heterocycles. The van der Waals surface area contributed by atoms with E-state index in [4.69, 9.17) is 9.40 Å². The molecule has 9 rings (SSSR count). The summed E-state index contributed by atoms with van der Waals surface area (Å²) in [6.07, 6.45) is 0. The number of benzene rings is 7. The second-order valence-electron chi connectivity index (χ2n) is 11.6. The zero-order chi connectivity index (χ0) is 30.5. The SMILES string of the molecule is c1ccc(-c2cccc(N(c3ccc4nc5oc6ccccc6c5cc4c3)c3ccccc3-c3cccc4ccccc34)c2)cc1. The Bertz CT molecular complexity index is 2540. The summed E-state index contributed by atoms with van der Waals surface area (Å²) in [6.45, 7) is 0. The average Bonchev–Trinajstić information content (AvgIpc) is 3.48. The highest BCUT2D eigenvalue weighted by molar-refractivity contribution is 6.08. The van der Waals surface area contributed by atoms with Crippen LogP contribution in [0.1, 0.15) is 0 Å². The van der Waals surface area contributed by atoms with E-state index in [1.54, 1.807) is 0 Å². The minimum Gasteiger partial charge on any atom is -0.438 e. The fourth-order valence-electron chi connectivity index (χ4n) is 6.68. The number of rotatable bonds is 5. The third-order valence-corrected chi connectivity index (χ3v) is 8.84. The van der Waals surface area contributed by atoms with Gasteiger partial charge >= 0.3 is 0 Å². The standard InChI is InChI=1S/C43H28N2O/c1-2-12-29(13-3-1)31-16-10-17-33(26-31)45(41-22-8-6-19-37(41)36-21-11-15-30-14-4-5-18-35(30)36)34-24-25-40-32(27-34)28-39-38-20-7-9-23-42(38)46-43(39)44-40/h1-28H. The van der Waals surface area contributed by atoms with Gasteiger partial charge in [-0.1, -0.05) is 121 Å². The number of anilines is 3. The van der Waals surface area contributed by atoms with Gasteiger partial charge < -0.3 is 9.32 Å². The summed E-state index contributed by atoms with van der Waals surface area (Å²) >= 11 is 0. The van der Waals surface area contributed by atoms with E-state index in [-0.39, 0.29) is 0 Å². The van der Waals surface area contributed by atoms with Crippen molar-refractivity contribution in [2.75, 3.05) is 4.90 Å². The number of aromatic nitrogens is 1. The molecule has 0 bridgehead atoms. The normalized spacial score (nSPS) is 11.5.